The van der Waals surface area contributed by atoms with Crippen molar-refractivity contribution >= 4 is 9.68 Å². The maximum atomic E-state index is 3.37. The first-order valence-electron chi connectivity index (χ1n) is 4.40. The van der Waals surface area contributed by atoms with Crippen LogP contribution in [0.15, 0.2) is 0 Å². The Labute approximate surface area is 67.5 Å². The molecule has 0 spiro atoms. The Hall–Kier alpha value is 0.177. The molecule has 0 saturated heterocycles. The molecule has 0 saturated carbocycles. The average molecular weight is 159 g/mol. The van der Waals surface area contributed by atoms with E-state index in [1.807, 2.05) is 0 Å². The van der Waals surface area contributed by atoms with Crippen molar-refractivity contribution in [1.82, 2.24) is 4.98 Å². The SMILES string of the molecule is CCC(C)C(CC)[SiH2]NC. The summed E-state index contributed by atoms with van der Waals surface area (Å²) in [4.78, 5) is 3.37. The Morgan fingerprint density at radius 1 is 1.30 bits per heavy atom. The van der Waals surface area contributed by atoms with Gasteiger partial charge in [0.2, 0.25) is 0 Å². The molecular weight excluding hydrogens is 138 g/mol. The molecule has 1 nitrogen and oxygen atoms in total. The summed E-state index contributed by atoms with van der Waals surface area (Å²) in [5.74, 6) is 0.934. The molecule has 2 unspecified atom stereocenters. The summed E-state index contributed by atoms with van der Waals surface area (Å²) in [5, 5.41) is 0. The standard InChI is InChI=1S/C8H21NSi/c1-5-7(3)8(6-2)10-9-4/h7-9H,5-6,10H2,1-4H3. The van der Waals surface area contributed by atoms with E-state index in [1.165, 1.54) is 12.8 Å². The minimum absolute atomic E-state index is 0.0272. The van der Waals surface area contributed by atoms with Gasteiger partial charge in [0.25, 0.3) is 0 Å². The highest BCUT2D eigenvalue weighted by atomic mass is 28.2. The van der Waals surface area contributed by atoms with Gasteiger partial charge in [-0.05, 0) is 18.5 Å². The molecule has 0 rings (SSSR count). The zero-order chi connectivity index (χ0) is 7.98. The number of hydrogen-bond acceptors (Lipinski definition) is 1. The van der Waals surface area contributed by atoms with Crippen LogP contribution in [0.25, 0.3) is 0 Å². The van der Waals surface area contributed by atoms with Crippen molar-refractivity contribution in [2.45, 2.75) is 39.2 Å². The summed E-state index contributed by atoms with van der Waals surface area (Å²) in [7, 11) is 2.12. The minimum atomic E-state index is 0.0272. The van der Waals surface area contributed by atoms with Gasteiger partial charge in [-0.3, -0.25) is 0 Å². The molecule has 1 N–H and O–H groups in total. The molecule has 0 amide bonds. The van der Waals surface area contributed by atoms with E-state index in [0.29, 0.717) is 0 Å². The summed E-state index contributed by atoms with van der Waals surface area (Å²) >= 11 is 0. The van der Waals surface area contributed by atoms with Gasteiger partial charge >= 0.3 is 0 Å². The van der Waals surface area contributed by atoms with E-state index in [-0.39, 0.29) is 9.68 Å². The van der Waals surface area contributed by atoms with Gasteiger partial charge in [0.05, 0.1) is 9.68 Å². The molecule has 0 aliphatic heterocycles. The van der Waals surface area contributed by atoms with Gasteiger partial charge in [0, 0.05) is 0 Å². The second kappa shape index (κ2) is 5.92. The van der Waals surface area contributed by atoms with Gasteiger partial charge in [-0.1, -0.05) is 33.6 Å². The highest BCUT2D eigenvalue weighted by Crippen LogP contribution is 2.22. The Kier molecular flexibility index (Phi) is 6.03. The second-order valence-electron chi connectivity index (χ2n) is 3.11. The lowest BCUT2D eigenvalue weighted by atomic mass is 10.0. The van der Waals surface area contributed by atoms with Gasteiger partial charge in [0.15, 0.2) is 0 Å². The van der Waals surface area contributed by atoms with Crippen molar-refractivity contribution in [2.24, 2.45) is 5.92 Å². The van der Waals surface area contributed by atoms with Gasteiger partial charge in [0.1, 0.15) is 0 Å². The summed E-state index contributed by atoms with van der Waals surface area (Å²) in [6.07, 6.45) is 2.70. The topological polar surface area (TPSA) is 12.0 Å². The molecule has 0 bridgehead atoms. The lowest BCUT2D eigenvalue weighted by Gasteiger charge is -2.19. The van der Waals surface area contributed by atoms with Crippen LogP contribution in [-0.4, -0.2) is 16.7 Å². The molecule has 2 heteroatoms. The second-order valence-corrected chi connectivity index (χ2v) is 5.28. The Morgan fingerprint density at radius 3 is 2.20 bits per heavy atom. The fourth-order valence-corrected chi connectivity index (χ4v) is 2.89. The minimum Gasteiger partial charge on any atom is -0.345 e. The third-order valence-corrected chi connectivity index (χ3v) is 4.75. The summed E-state index contributed by atoms with van der Waals surface area (Å²) in [6.45, 7) is 6.97. The van der Waals surface area contributed by atoms with Gasteiger partial charge in [-0.15, -0.1) is 0 Å². The van der Waals surface area contributed by atoms with Crippen molar-refractivity contribution in [2.75, 3.05) is 7.05 Å². The smallest absolute Gasteiger partial charge is 0.0947 e. The Balaban J connectivity index is 3.56. The van der Waals surface area contributed by atoms with E-state index in [2.05, 4.69) is 32.8 Å². The molecule has 0 aliphatic carbocycles. The summed E-state index contributed by atoms with van der Waals surface area (Å²) < 4.78 is 0. The maximum Gasteiger partial charge on any atom is 0.0947 e. The molecule has 0 aromatic carbocycles. The largest absolute Gasteiger partial charge is 0.345 e. The highest BCUT2D eigenvalue weighted by Gasteiger charge is 2.12. The van der Waals surface area contributed by atoms with E-state index in [9.17, 15) is 0 Å². The summed E-state index contributed by atoms with van der Waals surface area (Å²) in [6, 6.07) is 0. The summed E-state index contributed by atoms with van der Waals surface area (Å²) in [5.41, 5.74) is 1.01. The van der Waals surface area contributed by atoms with E-state index in [1.54, 1.807) is 0 Å². The first-order valence-corrected chi connectivity index (χ1v) is 5.93. The monoisotopic (exact) mass is 159 g/mol. The highest BCUT2D eigenvalue weighted by molar-refractivity contribution is 6.34. The molecule has 2 atom stereocenters. The molecule has 0 aromatic heterocycles. The van der Waals surface area contributed by atoms with Crippen molar-refractivity contribution in [1.29, 1.82) is 0 Å². The van der Waals surface area contributed by atoms with E-state index in [0.717, 1.165) is 11.5 Å². The van der Waals surface area contributed by atoms with Gasteiger partial charge in [-0.2, -0.15) is 0 Å². The van der Waals surface area contributed by atoms with Crippen molar-refractivity contribution in [3.8, 4) is 0 Å². The number of hydrogen-bond donors (Lipinski definition) is 1. The normalized spacial score (nSPS) is 18.0. The van der Waals surface area contributed by atoms with Gasteiger partial charge in [-0.25, -0.2) is 0 Å². The van der Waals surface area contributed by atoms with Crippen LogP contribution in [0.3, 0.4) is 0 Å². The van der Waals surface area contributed by atoms with Crippen LogP contribution in [0.2, 0.25) is 5.54 Å². The molecule has 0 heterocycles. The van der Waals surface area contributed by atoms with Crippen LogP contribution >= 0.6 is 0 Å². The third-order valence-electron chi connectivity index (χ3n) is 2.44. The first kappa shape index (κ1) is 10.2. The van der Waals surface area contributed by atoms with Crippen LogP contribution in [0, 0.1) is 5.92 Å². The van der Waals surface area contributed by atoms with Crippen LogP contribution in [0.4, 0.5) is 0 Å². The van der Waals surface area contributed by atoms with E-state index in [4.69, 9.17) is 0 Å². The fraction of sp³-hybridized carbons (Fsp3) is 1.00. The predicted octanol–water partition coefficient (Wildman–Crippen LogP) is 1.53. The number of rotatable bonds is 5. The molecule has 0 fully saturated rings. The average Bonchev–Trinajstić information content (AvgIpc) is 1.99. The lowest BCUT2D eigenvalue weighted by Crippen LogP contribution is -2.23. The van der Waals surface area contributed by atoms with Crippen LogP contribution in [-0.2, 0) is 0 Å². The van der Waals surface area contributed by atoms with Crippen LogP contribution in [0.5, 0.6) is 0 Å². The first-order chi connectivity index (χ1) is 4.76. The quantitative estimate of drug-likeness (QED) is 0.600. The Morgan fingerprint density at radius 2 is 1.90 bits per heavy atom. The fourth-order valence-electron chi connectivity index (χ4n) is 1.34. The van der Waals surface area contributed by atoms with E-state index >= 15 is 0 Å². The van der Waals surface area contributed by atoms with Crippen molar-refractivity contribution in [3.63, 3.8) is 0 Å². The lowest BCUT2D eigenvalue weighted by molar-refractivity contribution is 0.501. The maximum absolute atomic E-state index is 3.37. The molecule has 0 aromatic rings. The van der Waals surface area contributed by atoms with Crippen molar-refractivity contribution < 1.29 is 0 Å². The predicted molar refractivity (Wildman–Crippen MR) is 51.1 cm³/mol. The van der Waals surface area contributed by atoms with E-state index < -0.39 is 0 Å². The Bertz CT molecular complexity index is 75.7. The molecule has 10 heavy (non-hydrogen) atoms. The molecule has 0 aliphatic rings. The van der Waals surface area contributed by atoms with Crippen molar-refractivity contribution in [3.05, 3.63) is 0 Å². The zero-order valence-corrected chi connectivity index (χ0v) is 9.19. The van der Waals surface area contributed by atoms with Crippen LogP contribution < -0.4 is 4.98 Å². The molecule has 0 radical (unpaired) electrons. The molecule has 62 valence electrons. The zero-order valence-electron chi connectivity index (χ0n) is 7.78. The molecular formula is C8H21NSi. The third kappa shape index (κ3) is 3.37. The van der Waals surface area contributed by atoms with Crippen LogP contribution in [0.1, 0.15) is 33.6 Å². The van der Waals surface area contributed by atoms with Gasteiger partial charge < -0.3 is 4.98 Å². The number of nitrogens with one attached hydrogen (secondary N) is 1.